The van der Waals surface area contributed by atoms with Crippen LogP contribution in [0.3, 0.4) is 0 Å². The van der Waals surface area contributed by atoms with E-state index in [0.29, 0.717) is 6.04 Å². The zero-order valence-corrected chi connectivity index (χ0v) is 12.3. The van der Waals surface area contributed by atoms with Crippen molar-refractivity contribution in [2.24, 2.45) is 0 Å². The SMILES string of the molecule is CC(C)n1nc(CN2CCCC2)nc1-c1ccccc1. The van der Waals surface area contributed by atoms with Gasteiger partial charge in [0.25, 0.3) is 0 Å². The first-order valence-corrected chi connectivity index (χ1v) is 7.47. The van der Waals surface area contributed by atoms with Crippen molar-refractivity contribution in [3.8, 4) is 11.4 Å². The Hall–Kier alpha value is -1.68. The van der Waals surface area contributed by atoms with Crippen LogP contribution in [-0.4, -0.2) is 32.8 Å². The van der Waals surface area contributed by atoms with Crippen molar-refractivity contribution in [3.63, 3.8) is 0 Å². The van der Waals surface area contributed by atoms with E-state index in [0.717, 1.165) is 23.8 Å². The summed E-state index contributed by atoms with van der Waals surface area (Å²) in [4.78, 5) is 7.21. The molecule has 0 unspecified atom stereocenters. The summed E-state index contributed by atoms with van der Waals surface area (Å²) in [6.07, 6.45) is 2.60. The molecule has 3 rings (SSSR count). The number of benzene rings is 1. The highest BCUT2D eigenvalue weighted by Crippen LogP contribution is 2.21. The lowest BCUT2D eigenvalue weighted by Gasteiger charge is -2.11. The van der Waals surface area contributed by atoms with Crippen LogP contribution < -0.4 is 0 Å². The smallest absolute Gasteiger partial charge is 0.165 e. The third kappa shape index (κ3) is 2.75. The second kappa shape index (κ2) is 5.75. The topological polar surface area (TPSA) is 34.0 Å². The minimum absolute atomic E-state index is 0.324. The largest absolute Gasteiger partial charge is 0.296 e. The summed E-state index contributed by atoms with van der Waals surface area (Å²) in [6.45, 7) is 7.54. The molecule has 106 valence electrons. The van der Waals surface area contributed by atoms with Gasteiger partial charge in [-0.3, -0.25) is 4.90 Å². The monoisotopic (exact) mass is 270 g/mol. The first-order chi connectivity index (χ1) is 9.74. The molecule has 0 bridgehead atoms. The Bertz CT molecular complexity index is 553. The van der Waals surface area contributed by atoms with E-state index in [1.165, 1.54) is 25.9 Å². The molecule has 4 heteroatoms. The standard InChI is InChI=1S/C16H22N4/c1-13(2)20-16(14-8-4-3-5-9-14)17-15(18-20)12-19-10-6-7-11-19/h3-5,8-9,13H,6-7,10-12H2,1-2H3. The summed E-state index contributed by atoms with van der Waals surface area (Å²) in [7, 11) is 0. The Balaban J connectivity index is 1.90. The van der Waals surface area contributed by atoms with Gasteiger partial charge in [0.05, 0.1) is 6.54 Å². The Morgan fingerprint density at radius 1 is 1.10 bits per heavy atom. The molecule has 1 aromatic carbocycles. The highest BCUT2D eigenvalue weighted by atomic mass is 15.4. The quantitative estimate of drug-likeness (QED) is 0.856. The highest BCUT2D eigenvalue weighted by Gasteiger charge is 2.18. The fraction of sp³-hybridized carbons (Fsp3) is 0.500. The molecule has 0 saturated carbocycles. The van der Waals surface area contributed by atoms with Gasteiger partial charge < -0.3 is 0 Å². The fourth-order valence-corrected chi connectivity index (χ4v) is 2.72. The minimum Gasteiger partial charge on any atom is -0.296 e. The summed E-state index contributed by atoms with van der Waals surface area (Å²) < 4.78 is 2.04. The summed E-state index contributed by atoms with van der Waals surface area (Å²) in [5.41, 5.74) is 1.14. The van der Waals surface area contributed by atoms with Gasteiger partial charge in [-0.2, -0.15) is 5.10 Å². The van der Waals surface area contributed by atoms with Crippen LogP contribution in [0.15, 0.2) is 30.3 Å². The number of likely N-dealkylation sites (tertiary alicyclic amines) is 1. The molecule has 1 aromatic heterocycles. The van der Waals surface area contributed by atoms with Gasteiger partial charge in [-0.05, 0) is 39.8 Å². The molecule has 20 heavy (non-hydrogen) atoms. The summed E-state index contributed by atoms with van der Waals surface area (Å²) in [5, 5.41) is 4.71. The normalized spacial score (nSPS) is 16.1. The maximum absolute atomic E-state index is 4.78. The molecule has 1 saturated heterocycles. The molecule has 1 aliphatic rings. The van der Waals surface area contributed by atoms with Crippen molar-refractivity contribution in [1.29, 1.82) is 0 Å². The number of aromatic nitrogens is 3. The van der Waals surface area contributed by atoms with Gasteiger partial charge in [-0.15, -0.1) is 0 Å². The second-order valence-corrected chi connectivity index (χ2v) is 5.74. The number of hydrogen-bond acceptors (Lipinski definition) is 3. The predicted molar refractivity (Wildman–Crippen MR) is 80.4 cm³/mol. The molecule has 2 heterocycles. The number of hydrogen-bond donors (Lipinski definition) is 0. The molecule has 0 spiro atoms. The Labute approximate surface area is 120 Å². The van der Waals surface area contributed by atoms with E-state index in [4.69, 9.17) is 10.1 Å². The molecular formula is C16H22N4. The van der Waals surface area contributed by atoms with Crippen LogP contribution in [0, 0.1) is 0 Å². The summed E-state index contributed by atoms with van der Waals surface area (Å²) in [6, 6.07) is 10.7. The van der Waals surface area contributed by atoms with Gasteiger partial charge in [0, 0.05) is 11.6 Å². The fourth-order valence-electron chi connectivity index (χ4n) is 2.72. The summed E-state index contributed by atoms with van der Waals surface area (Å²) in [5.74, 6) is 1.93. The Morgan fingerprint density at radius 3 is 2.45 bits per heavy atom. The zero-order chi connectivity index (χ0) is 13.9. The van der Waals surface area contributed by atoms with Crippen LogP contribution in [0.4, 0.5) is 0 Å². The van der Waals surface area contributed by atoms with Gasteiger partial charge >= 0.3 is 0 Å². The van der Waals surface area contributed by atoms with Crippen molar-refractivity contribution < 1.29 is 0 Å². The number of nitrogens with zero attached hydrogens (tertiary/aromatic N) is 4. The van der Waals surface area contributed by atoms with E-state index in [-0.39, 0.29) is 0 Å². The average molecular weight is 270 g/mol. The lowest BCUT2D eigenvalue weighted by Crippen LogP contribution is -2.19. The molecule has 1 fully saturated rings. The molecule has 0 atom stereocenters. The highest BCUT2D eigenvalue weighted by molar-refractivity contribution is 5.54. The lowest BCUT2D eigenvalue weighted by atomic mass is 10.2. The maximum atomic E-state index is 4.78. The van der Waals surface area contributed by atoms with Crippen LogP contribution in [0.2, 0.25) is 0 Å². The average Bonchev–Trinajstić information content (AvgIpc) is 3.10. The van der Waals surface area contributed by atoms with E-state index >= 15 is 0 Å². The van der Waals surface area contributed by atoms with E-state index in [2.05, 4.69) is 43.0 Å². The van der Waals surface area contributed by atoms with Crippen LogP contribution >= 0.6 is 0 Å². The third-order valence-corrected chi connectivity index (χ3v) is 3.76. The molecule has 0 radical (unpaired) electrons. The molecule has 2 aromatic rings. The second-order valence-electron chi connectivity index (χ2n) is 5.74. The van der Waals surface area contributed by atoms with Crippen molar-refractivity contribution in [3.05, 3.63) is 36.2 Å². The van der Waals surface area contributed by atoms with Gasteiger partial charge in [-0.1, -0.05) is 30.3 Å². The van der Waals surface area contributed by atoms with Crippen molar-refractivity contribution in [2.75, 3.05) is 13.1 Å². The minimum atomic E-state index is 0.324. The molecule has 0 amide bonds. The third-order valence-electron chi connectivity index (χ3n) is 3.76. The maximum Gasteiger partial charge on any atom is 0.165 e. The van der Waals surface area contributed by atoms with Crippen LogP contribution in [0.25, 0.3) is 11.4 Å². The zero-order valence-electron chi connectivity index (χ0n) is 12.3. The molecule has 0 N–H and O–H groups in total. The van der Waals surface area contributed by atoms with Crippen molar-refractivity contribution in [1.82, 2.24) is 19.7 Å². The molecular weight excluding hydrogens is 248 g/mol. The first kappa shape index (κ1) is 13.3. The van der Waals surface area contributed by atoms with E-state index < -0.39 is 0 Å². The van der Waals surface area contributed by atoms with Gasteiger partial charge in [0.1, 0.15) is 0 Å². The molecule has 1 aliphatic heterocycles. The van der Waals surface area contributed by atoms with Gasteiger partial charge in [0.2, 0.25) is 0 Å². The Morgan fingerprint density at radius 2 is 1.80 bits per heavy atom. The first-order valence-electron chi connectivity index (χ1n) is 7.47. The number of rotatable bonds is 4. The summed E-state index contributed by atoms with van der Waals surface area (Å²) >= 11 is 0. The van der Waals surface area contributed by atoms with Gasteiger partial charge in [-0.25, -0.2) is 9.67 Å². The van der Waals surface area contributed by atoms with E-state index in [1.54, 1.807) is 0 Å². The van der Waals surface area contributed by atoms with Crippen LogP contribution in [-0.2, 0) is 6.54 Å². The molecule has 4 nitrogen and oxygen atoms in total. The predicted octanol–water partition coefficient (Wildman–Crippen LogP) is 3.12. The lowest BCUT2D eigenvalue weighted by molar-refractivity contribution is 0.321. The van der Waals surface area contributed by atoms with Crippen molar-refractivity contribution in [2.45, 2.75) is 39.3 Å². The van der Waals surface area contributed by atoms with Crippen LogP contribution in [0.1, 0.15) is 38.6 Å². The van der Waals surface area contributed by atoms with E-state index in [9.17, 15) is 0 Å². The van der Waals surface area contributed by atoms with E-state index in [1.807, 2.05) is 10.7 Å². The Kier molecular flexibility index (Phi) is 3.83. The van der Waals surface area contributed by atoms with Crippen LogP contribution in [0.5, 0.6) is 0 Å². The molecule has 0 aliphatic carbocycles. The van der Waals surface area contributed by atoms with Crippen molar-refractivity contribution >= 4 is 0 Å². The van der Waals surface area contributed by atoms with Gasteiger partial charge in [0.15, 0.2) is 11.6 Å².